The largest absolute Gasteiger partial charge is 0.314 e. The molecule has 1 saturated heterocycles. The molecule has 1 fully saturated rings. The predicted octanol–water partition coefficient (Wildman–Crippen LogP) is 0.705. The summed E-state index contributed by atoms with van der Waals surface area (Å²) in [4.78, 5) is 4.40. The Kier molecular flexibility index (Phi) is 3.11. The molecule has 0 atom stereocenters. The molecule has 3 nitrogen and oxygen atoms in total. The van der Waals surface area contributed by atoms with Gasteiger partial charge < -0.3 is 10.6 Å². The molecule has 2 N–H and O–H groups in total. The van der Waals surface area contributed by atoms with Gasteiger partial charge in [0.2, 0.25) is 0 Å². The first-order valence-electron chi connectivity index (χ1n) is 5.27. The molecular formula is C11H17N3. The number of hydrogen-bond acceptors (Lipinski definition) is 3. The summed E-state index contributed by atoms with van der Waals surface area (Å²) >= 11 is 0. The van der Waals surface area contributed by atoms with Crippen LogP contribution in [-0.4, -0.2) is 24.1 Å². The van der Waals surface area contributed by atoms with E-state index in [1.54, 1.807) is 0 Å². The van der Waals surface area contributed by atoms with Gasteiger partial charge in [-0.1, -0.05) is 13.0 Å². The van der Waals surface area contributed by atoms with Gasteiger partial charge in [-0.05, 0) is 18.1 Å². The summed E-state index contributed by atoms with van der Waals surface area (Å²) < 4.78 is 0. The molecule has 1 aromatic rings. The highest BCUT2D eigenvalue weighted by Gasteiger charge is 2.15. The lowest BCUT2D eigenvalue weighted by molar-refractivity contribution is 0.363. The van der Waals surface area contributed by atoms with E-state index in [2.05, 4.69) is 28.6 Å². The molecule has 2 rings (SSSR count). The number of aryl methyl sites for hydroxylation is 1. The molecule has 14 heavy (non-hydrogen) atoms. The second kappa shape index (κ2) is 4.53. The maximum absolute atomic E-state index is 4.40. The van der Waals surface area contributed by atoms with Crippen LogP contribution in [0.2, 0.25) is 0 Å². The average Bonchev–Trinajstić information content (AvgIpc) is 2.16. The fraction of sp³-hybridized carbons (Fsp3) is 0.545. The molecular weight excluding hydrogens is 174 g/mol. The second-order valence-corrected chi connectivity index (χ2v) is 3.70. The molecule has 0 aliphatic carbocycles. The van der Waals surface area contributed by atoms with E-state index in [-0.39, 0.29) is 0 Å². The Labute approximate surface area is 84.9 Å². The number of pyridine rings is 1. The van der Waals surface area contributed by atoms with Crippen LogP contribution in [0.4, 0.5) is 0 Å². The minimum absolute atomic E-state index is 0.640. The molecule has 2 heterocycles. The Morgan fingerprint density at radius 1 is 1.57 bits per heavy atom. The number of nitrogens with zero attached hydrogens (tertiary/aromatic N) is 1. The molecule has 1 aliphatic heterocycles. The third kappa shape index (κ3) is 2.11. The predicted molar refractivity (Wildman–Crippen MR) is 57.1 cm³/mol. The highest BCUT2D eigenvalue weighted by Crippen LogP contribution is 2.06. The Hall–Kier alpha value is -0.930. The Bertz CT molecular complexity index is 294. The van der Waals surface area contributed by atoms with Gasteiger partial charge in [0, 0.05) is 31.9 Å². The van der Waals surface area contributed by atoms with Gasteiger partial charge in [-0.2, -0.15) is 0 Å². The zero-order chi connectivity index (χ0) is 9.80. The zero-order valence-electron chi connectivity index (χ0n) is 8.59. The van der Waals surface area contributed by atoms with Crippen LogP contribution in [0.1, 0.15) is 18.2 Å². The van der Waals surface area contributed by atoms with Crippen molar-refractivity contribution in [3.05, 3.63) is 29.6 Å². The molecule has 1 aromatic heterocycles. The SMILES string of the molecule is CCc1cccnc1CNC1CNC1. The first-order chi connectivity index (χ1) is 6.90. The molecule has 0 aromatic carbocycles. The van der Waals surface area contributed by atoms with E-state index in [4.69, 9.17) is 0 Å². The highest BCUT2D eigenvalue weighted by molar-refractivity contribution is 5.19. The van der Waals surface area contributed by atoms with Crippen LogP contribution in [-0.2, 0) is 13.0 Å². The van der Waals surface area contributed by atoms with Gasteiger partial charge in [-0.3, -0.25) is 4.98 Å². The van der Waals surface area contributed by atoms with Gasteiger partial charge in [0.25, 0.3) is 0 Å². The van der Waals surface area contributed by atoms with E-state index in [0.29, 0.717) is 6.04 Å². The highest BCUT2D eigenvalue weighted by atomic mass is 15.1. The van der Waals surface area contributed by atoms with Crippen molar-refractivity contribution in [3.63, 3.8) is 0 Å². The second-order valence-electron chi connectivity index (χ2n) is 3.70. The summed E-state index contributed by atoms with van der Waals surface area (Å²) in [7, 11) is 0. The van der Waals surface area contributed by atoms with Gasteiger partial charge in [-0.15, -0.1) is 0 Å². The van der Waals surface area contributed by atoms with Crippen LogP contribution in [0.25, 0.3) is 0 Å². The monoisotopic (exact) mass is 191 g/mol. The number of nitrogens with one attached hydrogen (secondary N) is 2. The number of hydrogen-bond donors (Lipinski definition) is 2. The quantitative estimate of drug-likeness (QED) is 0.736. The zero-order valence-corrected chi connectivity index (χ0v) is 8.59. The van der Waals surface area contributed by atoms with Gasteiger partial charge in [0.05, 0.1) is 5.69 Å². The summed E-state index contributed by atoms with van der Waals surface area (Å²) in [6.07, 6.45) is 2.93. The van der Waals surface area contributed by atoms with E-state index >= 15 is 0 Å². The van der Waals surface area contributed by atoms with Crippen molar-refractivity contribution in [1.82, 2.24) is 15.6 Å². The Balaban J connectivity index is 1.93. The normalized spacial score (nSPS) is 16.6. The summed E-state index contributed by atoms with van der Waals surface area (Å²) in [6, 6.07) is 4.80. The van der Waals surface area contributed by atoms with E-state index in [0.717, 1.165) is 26.1 Å². The maximum Gasteiger partial charge on any atom is 0.0573 e. The first-order valence-corrected chi connectivity index (χ1v) is 5.27. The van der Waals surface area contributed by atoms with Crippen LogP contribution >= 0.6 is 0 Å². The van der Waals surface area contributed by atoms with Crippen LogP contribution in [0, 0.1) is 0 Å². The molecule has 0 amide bonds. The van der Waals surface area contributed by atoms with Crippen molar-refractivity contribution in [2.24, 2.45) is 0 Å². The molecule has 0 saturated carbocycles. The minimum atomic E-state index is 0.640. The topological polar surface area (TPSA) is 37.0 Å². The fourth-order valence-electron chi connectivity index (χ4n) is 1.63. The lowest BCUT2D eigenvalue weighted by Crippen LogP contribution is -2.55. The summed E-state index contributed by atoms with van der Waals surface area (Å²) in [5.74, 6) is 0. The molecule has 1 aliphatic rings. The molecule has 76 valence electrons. The smallest absolute Gasteiger partial charge is 0.0573 e. The Morgan fingerprint density at radius 3 is 3.07 bits per heavy atom. The van der Waals surface area contributed by atoms with Crippen molar-refractivity contribution >= 4 is 0 Å². The van der Waals surface area contributed by atoms with Gasteiger partial charge in [-0.25, -0.2) is 0 Å². The van der Waals surface area contributed by atoms with Crippen molar-refractivity contribution in [2.45, 2.75) is 25.9 Å². The van der Waals surface area contributed by atoms with Crippen molar-refractivity contribution in [3.8, 4) is 0 Å². The van der Waals surface area contributed by atoms with E-state index in [1.165, 1.54) is 11.3 Å². The van der Waals surface area contributed by atoms with Crippen molar-refractivity contribution in [1.29, 1.82) is 0 Å². The van der Waals surface area contributed by atoms with Crippen molar-refractivity contribution in [2.75, 3.05) is 13.1 Å². The molecule has 0 bridgehead atoms. The van der Waals surface area contributed by atoms with E-state index in [9.17, 15) is 0 Å². The fourth-order valence-corrected chi connectivity index (χ4v) is 1.63. The molecule has 3 heteroatoms. The summed E-state index contributed by atoms with van der Waals surface area (Å²) in [6.45, 7) is 5.25. The van der Waals surface area contributed by atoms with Crippen LogP contribution in [0.3, 0.4) is 0 Å². The van der Waals surface area contributed by atoms with Crippen LogP contribution in [0.5, 0.6) is 0 Å². The van der Waals surface area contributed by atoms with E-state index < -0.39 is 0 Å². The summed E-state index contributed by atoms with van der Waals surface area (Å²) in [5.41, 5.74) is 2.55. The summed E-state index contributed by atoms with van der Waals surface area (Å²) in [5, 5.41) is 6.73. The van der Waals surface area contributed by atoms with Gasteiger partial charge in [0.15, 0.2) is 0 Å². The molecule has 0 unspecified atom stereocenters. The number of aromatic nitrogens is 1. The third-order valence-electron chi connectivity index (χ3n) is 2.71. The lowest BCUT2D eigenvalue weighted by atomic mass is 10.1. The van der Waals surface area contributed by atoms with Gasteiger partial charge in [0.1, 0.15) is 0 Å². The maximum atomic E-state index is 4.40. The van der Waals surface area contributed by atoms with Crippen molar-refractivity contribution < 1.29 is 0 Å². The van der Waals surface area contributed by atoms with Crippen LogP contribution < -0.4 is 10.6 Å². The minimum Gasteiger partial charge on any atom is -0.314 e. The lowest BCUT2D eigenvalue weighted by Gasteiger charge is -2.28. The van der Waals surface area contributed by atoms with E-state index in [1.807, 2.05) is 12.3 Å². The van der Waals surface area contributed by atoms with Crippen LogP contribution in [0.15, 0.2) is 18.3 Å². The van der Waals surface area contributed by atoms with Gasteiger partial charge >= 0.3 is 0 Å². The third-order valence-corrected chi connectivity index (χ3v) is 2.71. The number of rotatable bonds is 4. The standard InChI is InChI=1S/C11H17N3/c1-2-9-4-3-5-13-11(9)8-14-10-6-12-7-10/h3-5,10,12,14H,2,6-8H2,1H3. The average molecular weight is 191 g/mol. The first kappa shape index (κ1) is 9.62. The molecule has 0 spiro atoms. The Morgan fingerprint density at radius 2 is 2.43 bits per heavy atom. The molecule has 0 radical (unpaired) electrons.